The molecule has 1 saturated heterocycles. The molecule has 5 heteroatoms. The van der Waals surface area contributed by atoms with Crippen LogP contribution in [0.25, 0.3) is 0 Å². The third-order valence-electron chi connectivity index (χ3n) is 4.13. The predicted molar refractivity (Wildman–Crippen MR) is 82.7 cm³/mol. The molecule has 21 heavy (non-hydrogen) atoms. The van der Waals surface area contributed by atoms with Crippen LogP contribution in [0.15, 0.2) is 21.2 Å². The molecule has 0 amide bonds. The third kappa shape index (κ3) is 2.90. The maximum Gasteiger partial charge on any atom is 0.223 e. The zero-order chi connectivity index (χ0) is 15.0. The average molecular weight is 306 g/mol. The van der Waals surface area contributed by atoms with Crippen molar-refractivity contribution < 1.29 is 9.15 Å². The molecule has 3 rings (SSSR count). The highest BCUT2D eigenvalue weighted by Crippen LogP contribution is 2.40. The summed E-state index contributed by atoms with van der Waals surface area (Å²) in [6.07, 6.45) is 1.10. The Labute approximate surface area is 129 Å². The first kappa shape index (κ1) is 14.7. The van der Waals surface area contributed by atoms with Gasteiger partial charge < -0.3 is 9.15 Å². The van der Waals surface area contributed by atoms with Crippen LogP contribution in [0.4, 0.5) is 0 Å². The largest absolute Gasteiger partial charge is 0.424 e. The molecule has 2 aromatic heterocycles. The molecule has 0 bridgehead atoms. The van der Waals surface area contributed by atoms with Crippen molar-refractivity contribution in [3.8, 4) is 0 Å². The predicted octanol–water partition coefficient (Wildman–Crippen LogP) is 4.20. The molecule has 1 fully saturated rings. The summed E-state index contributed by atoms with van der Waals surface area (Å²) in [4.78, 5) is 0. The smallest absolute Gasteiger partial charge is 0.223 e. The van der Waals surface area contributed by atoms with Crippen LogP contribution in [0.2, 0.25) is 0 Å². The SMILES string of the molecule is CC(c1ccsc1)c1nnc([C@H]2CCO[C@@H]2C(C)(C)C)o1. The first-order valence-electron chi connectivity index (χ1n) is 7.44. The molecule has 0 aromatic carbocycles. The fraction of sp³-hybridized carbons (Fsp3) is 0.625. The van der Waals surface area contributed by atoms with Crippen LogP contribution in [-0.4, -0.2) is 22.9 Å². The summed E-state index contributed by atoms with van der Waals surface area (Å²) >= 11 is 1.69. The van der Waals surface area contributed by atoms with Crippen LogP contribution in [0.3, 0.4) is 0 Å². The molecule has 0 N–H and O–H groups in total. The van der Waals surface area contributed by atoms with E-state index in [1.165, 1.54) is 5.56 Å². The van der Waals surface area contributed by atoms with Gasteiger partial charge in [0.05, 0.1) is 17.9 Å². The van der Waals surface area contributed by atoms with E-state index in [2.05, 4.69) is 54.7 Å². The summed E-state index contributed by atoms with van der Waals surface area (Å²) in [6.45, 7) is 9.46. The van der Waals surface area contributed by atoms with E-state index in [1.54, 1.807) is 11.3 Å². The van der Waals surface area contributed by atoms with E-state index in [4.69, 9.17) is 9.15 Å². The summed E-state index contributed by atoms with van der Waals surface area (Å²) in [5.41, 5.74) is 1.31. The van der Waals surface area contributed by atoms with E-state index in [9.17, 15) is 0 Å². The number of thiophene rings is 1. The van der Waals surface area contributed by atoms with Crippen molar-refractivity contribution in [2.24, 2.45) is 5.41 Å². The van der Waals surface area contributed by atoms with Gasteiger partial charge in [0, 0.05) is 6.61 Å². The molecule has 3 atom stereocenters. The fourth-order valence-corrected chi connectivity index (χ4v) is 3.69. The average Bonchev–Trinajstić information content (AvgIpc) is 3.16. The normalized spacial score (nSPS) is 24.4. The summed E-state index contributed by atoms with van der Waals surface area (Å²) in [6, 6.07) is 2.11. The number of hydrogen-bond donors (Lipinski definition) is 0. The van der Waals surface area contributed by atoms with Gasteiger partial charge in [-0.05, 0) is 41.1 Å². The van der Waals surface area contributed by atoms with Gasteiger partial charge in [0.1, 0.15) is 0 Å². The second kappa shape index (κ2) is 5.54. The van der Waals surface area contributed by atoms with Gasteiger partial charge in [0.2, 0.25) is 11.8 Å². The Morgan fingerprint density at radius 1 is 1.33 bits per heavy atom. The summed E-state index contributed by atoms with van der Waals surface area (Å²) < 4.78 is 11.9. The Morgan fingerprint density at radius 3 is 2.81 bits per heavy atom. The first-order chi connectivity index (χ1) is 9.97. The lowest BCUT2D eigenvalue weighted by molar-refractivity contribution is 0.0170. The minimum absolute atomic E-state index is 0.0781. The minimum atomic E-state index is 0.0781. The lowest BCUT2D eigenvalue weighted by atomic mass is 9.81. The summed E-state index contributed by atoms with van der Waals surface area (Å²) in [5.74, 6) is 1.78. The van der Waals surface area contributed by atoms with E-state index in [0.29, 0.717) is 5.89 Å². The molecular weight excluding hydrogens is 284 g/mol. The zero-order valence-corrected chi connectivity index (χ0v) is 13.8. The van der Waals surface area contributed by atoms with Crippen LogP contribution in [0.1, 0.15) is 63.3 Å². The summed E-state index contributed by atoms with van der Waals surface area (Å²) in [5, 5.41) is 12.8. The van der Waals surface area contributed by atoms with E-state index >= 15 is 0 Å². The molecular formula is C16H22N2O2S. The summed E-state index contributed by atoms with van der Waals surface area (Å²) in [7, 11) is 0. The quantitative estimate of drug-likeness (QED) is 0.852. The van der Waals surface area contributed by atoms with Gasteiger partial charge in [-0.2, -0.15) is 11.3 Å². The third-order valence-corrected chi connectivity index (χ3v) is 4.83. The lowest BCUT2D eigenvalue weighted by Gasteiger charge is -2.29. The monoisotopic (exact) mass is 306 g/mol. The molecule has 1 aliphatic rings. The molecule has 114 valence electrons. The fourth-order valence-electron chi connectivity index (χ4n) is 2.93. The first-order valence-corrected chi connectivity index (χ1v) is 8.38. The van der Waals surface area contributed by atoms with Gasteiger partial charge in [-0.25, -0.2) is 0 Å². The van der Waals surface area contributed by atoms with Crippen molar-refractivity contribution in [2.75, 3.05) is 6.61 Å². The number of aromatic nitrogens is 2. The number of ether oxygens (including phenoxy) is 1. The maximum absolute atomic E-state index is 5.98. The Hall–Kier alpha value is -1.20. The van der Waals surface area contributed by atoms with Crippen LogP contribution in [0, 0.1) is 5.41 Å². The van der Waals surface area contributed by atoms with Gasteiger partial charge in [-0.3, -0.25) is 0 Å². The highest BCUT2D eigenvalue weighted by molar-refractivity contribution is 7.08. The second-order valence-corrected chi connectivity index (χ2v) is 7.59. The van der Waals surface area contributed by atoms with E-state index in [0.717, 1.165) is 18.9 Å². The molecule has 0 aliphatic carbocycles. The Kier molecular flexibility index (Phi) is 3.88. The Morgan fingerprint density at radius 2 is 2.14 bits per heavy atom. The van der Waals surface area contributed by atoms with Crippen LogP contribution in [-0.2, 0) is 4.74 Å². The van der Waals surface area contributed by atoms with Crippen LogP contribution < -0.4 is 0 Å². The van der Waals surface area contributed by atoms with Crippen molar-refractivity contribution in [2.45, 2.75) is 52.1 Å². The molecule has 2 aromatic rings. The van der Waals surface area contributed by atoms with E-state index in [1.807, 2.05) is 0 Å². The van der Waals surface area contributed by atoms with Crippen molar-refractivity contribution in [3.63, 3.8) is 0 Å². The van der Waals surface area contributed by atoms with Gasteiger partial charge >= 0.3 is 0 Å². The topological polar surface area (TPSA) is 48.2 Å². The molecule has 3 heterocycles. The van der Waals surface area contributed by atoms with Gasteiger partial charge in [0.15, 0.2) is 0 Å². The number of rotatable bonds is 3. The van der Waals surface area contributed by atoms with E-state index in [-0.39, 0.29) is 23.4 Å². The van der Waals surface area contributed by atoms with Crippen molar-refractivity contribution in [1.82, 2.24) is 10.2 Å². The molecule has 0 radical (unpaired) electrons. The Balaban J connectivity index is 1.82. The van der Waals surface area contributed by atoms with Crippen molar-refractivity contribution in [1.29, 1.82) is 0 Å². The molecule has 1 unspecified atom stereocenters. The standard InChI is InChI=1S/C16H22N2O2S/c1-10(11-6-8-21-9-11)14-17-18-15(20-14)12-5-7-19-13(12)16(2,3)4/h6,8-10,12-13H,5,7H2,1-4H3/t10?,12-,13-/m0/s1. The second-order valence-electron chi connectivity index (χ2n) is 6.81. The van der Waals surface area contributed by atoms with E-state index < -0.39 is 0 Å². The lowest BCUT2D eigenvalue weighted by Crippen LogP contribution is -2.30. The van der Waals surface area contributed by atoms with Gasteiger partial charge in [0.25, 0.3) is 0 Å². The zero-order valence-electron chi connectivity index (χ0n) is 13.0. The van der Waals surface area contributed by atoms with Crippen molar-refractivity contribution in [3.05, 3.63) is 34.2 Å². The Bertz CT molecular complexity index is 586. The van der Waals surface area contributed by atoms with Gasteiger partial charge in [-0.1, -0.05) is 20.8 Å². The molecule has 1 aliphatic heterocycles. The van der Waals surface area contributed by atoms with Crippen molar-refractivity contribution >= 4 is 11.3 Å². The molecule has 0 spiro atoms. The maximum atomic E-state index is 5.98. The van der Waals surface area contributed by atoms with Gasteiger partial charge in [-0.15, -0.1) is 10.2 Å². The molecule has 0 saturated carbocycles. The van der Waals surface area contributed by atoms with Crippen LogP contribution in [0.5, 0.6) is 0 Å². The minimum Gasteiger partial charge on any atom is -0.424 e. The highest BCUT2D eigenvalue weighted by Gasteiger charge is 2.41. The number of hydrogen-bond acceptors (Lipinski definition) is 5. The number of nitrogens with zero attached hydrogens (tertiary/aromatic N) is 2. The highest BCUT2D eigenvalue weighted by atomic mass is 32.1. The molecule has 4 nitrogen and oxygen atoms in total. The van der Waals surface area contributed by atoms with Crippen LogP contribution >= 0.6 is 11.3 Å².